The van der Waals surface area contributed by atoms with Crippen LogP contribution in [0.2, 0.25) is 0 Å². The fourth-order valence-electron chi connectivity index (χ4n) is 1.77. The molecule has 0 heterocycles. The highest BCUT2D eigenvalue weighted by atomic mass is 79.9. The Morgan fingerprint density at radius 1 is 1.37 bits per heavy atom. The standard InChI is InChI=1S/C15H25BrN2S/c1-12(2)10-17-11-13-5-6-14(9-15(13)16)18(3)7-8-19-4/h5-6,9,12,17H,7-8,10-11H2,1-4H3. The van der Waals surface area contributed by atoms with E-state index in [1.807, 2.05) is 11.8 Å². The molecule has 0 spiro atoms. The van der Waals surface area contributed by atoms with Crippen LogP contribution in [0.5, 0.6) is 0 Å². The van der Waals surface area contributed by atoms with Gasteiger partial charge in [0, 0.05) is 36.1 Å². The Labute approximate surface area is 130 Å². The van der Waals surface area contributed by atoms with Crippen LogP contribution in [0.15, 0.2) is 22.7 Å². The Morgan fingerprint density at radius 2 is 2.11 bits per heavy atom. The molecule has 19 heavy (non-hydrogen) atoms. The lowest BCUT2D eigenvalue weighted by atomic mass is 10.1. The minimum absolute atomic E-state index is 0.690. The van der Waals surface area contributed by atoms with E-state index in [0.29, 0.717) is 5.92 Å². The summed E-state index contributed by atoms with van der Waals surface area (Å²) in [6, 6.07) is 6.63. The molecule has 0 fully saturated rings. The summed E-state index contributed by atoms with van der Waals surface area (Å²) in [6.07, 6.45) is 2.15. The Bertz CT molecular complexity index is 382. The molecule has 0 aliphatic rings. The fraction of sp³-hybridized carbons (Fsp3) is 0.600. The molecule has 0 radical (unpaired) electrons. The van der Waals surface area contributed by atoms with Gasteiger partial charge in [-0.1, -0.05) is 35.8 Å². The van der Waals surface area contributed by atoms with E-state index in [9.17, 15) is 0 Å². The Morgan fingerprint density at radius 3 is 2.68 bits per heavy atom. The summed E-state index contributed by atoms with van der Waals surface area (Å²) >= 11 is 5.56. The van der Waals surface area contributed by atoms with Crippen molar-refractivity contribution in [1.29, 1.82) is 0 Å². The topological polar surface area (TPSA) is 15.3 Å². The summed E-state index contributed by atoms with van der Waals surface area (Å²) in [5, 5.41) is 3.48. The molecule has 0 aliphatic carbocycles. The van der Waals surface area contributed by atoms with Crippen LogP contribution in [-0.2, 0) is 6.54 Å². The zero-order chi connectivity index (χ0) is 14.3. The zero-order valence-electron chi connectivity index (χ0n) is 12.4. The van der Waals surface area contributed by atoms with Gasteiger partial charge in [-0.05, 0) is 36.4 Å². The molecule has 1 N–H and O–H groups in total. The van der Waals surface area contributed by atoms with Crippen LogP contribution in [0, 0.1) is 5.92 Å². The van der Waals surface area contributed by atoms with Gasteiger partial charge >= 0.3 is 0 Å². The van der Waals surface area contributed by atoms with Crippen molar-refractivity contribution in [3.05, 3.63) is 28.2 Å². The molecule has 0 amide bonds. The average Bonchev–Trinajstić information content (AvgIpc) is 2.37. The van der Waals surface area contributed by atoms with E-state index >= 15 is 0 Å². The number of hydrogen-bond donors (Lipinski definition) is 1. The first-order valence-corrected chi connectivity index (χ1v) is 8.92. The third kappa shape index (κ3) is 6.19. The highest BCUT2D eigenvalue weighted by molar-refractivity contribution is 9.10. The van der Waals surface area contributed by atoms with E-state index in [1.165, 1.54) is 15.7 Å². The van der Waals surface area contributed by atoms with E-state index < -0.39 is 0 Å². The summed E-state index contributed by atoms with van der Waals surface area (Å²) in [4.78, 5) is 2.30. The van der Waals surface area contributed by atoms with Gasteiger partial charge in [-0.15, -0.1) is 0 Å². The predicted molar refractivity (Wildman–Crippen MR) is 92.3 cm³/mol. The Kier molecular flexibility index (Phi) is 7.88. The van der Waals surface area contributed by atoms with Crippen molar-refractivity contribution in [2.75, 3.05) is 37.0 Å². The van der Waals surface area contributed by atoms with Crippen LogP contribution in [0.1, 0.15) is 19.4 Å². The lowest BCUT2D eigenvalue weighted by Crippen LogP contribution is -2.21. The maximum Gasteiger partial charge on any atom is 0.0375 e. The van der Waals surface area contributed by atoms with Crippen LogP contribution < -0.4 is 10.2 Å². The van der Waals surface area contributed by atoms with E-state index in [2.05, 4.69) is 71.5 Å². The van der Waals surface area contributed by atoms with Gasteiger partial charge in [-0.2, -0.15) is 11.8 Å². The largest absolute Gasteiger partial charge is 0.374 e. The summed E-state index contributed by atoms with van der Waals surface area (Å²) in [5.74, 6) is 1.85. The SMILES string of the molecule is CSCCN(C)c1ccc(CNCC(C)C)c(Br)c1. The van der Waals surface area contributed by atoms with E-state index in [-0.39, 0.29) is 0 Å². The minimum Gasteiger partial charge on any atom is -0.374 e. The first-order valence-electron chi connectivity index (χ1n) is 6.73. The summed E-state index contributed by atoms with van der Waals surface area (Å²) in [7, 11) is 2.15. The van der Waals surface area contributed by atoms with Gasteiger partial charge < -0.3 is 10.2 Å². The third-order valence-corrected chi connectivity index (χ3v) is 4.31. The number of halogens is 1. The average molecular weight is 345 g/mol. The van der Waals surface area contributed by atoms with Crippen LogP contribution in [0.4, 0.5) is 5.69 Å². The number of nitrogens with zero attached hydrogens (tertiary/aromatic N) is 1. The maximum atomic E-state index is 3.68. The first-order chi connectivity index (χ1) is 9.04. The molecule has 108 valence electrons. The predicted octanol–water partition coefficient (Wildman–Crippen LogP) is 3.99. The molecule has 1 rings (SSSR count). The zero-order valence-corrected chi connectivity index (χ0v) is 14.8. The number of hydrogen-bond acceptors (Lipinski definition) is 3. The van der Waals surface area contributed by atoms with Gasteiger partial charge in [0.15, 0.2) is 0 Å². The van der Waals surface area contributed by atoms with Gasteiger partial charge in [0.1, 0.15) is 0 Å². The fourth-order valence-corrected chi connectivity index (χ4v) is 2.73. The molecule has 0 aromatic heterocycles. The van der Waals surface area contributed by atoms with Crippen LogP contribution in [0.3, 0.4) is 0 Å². The number of thioether (sulfide) groups is 1. The molecule has 0 saturated carbocycles. The summed E-state index contributed by atoms with van der Waals surface area (Å²) in [5.41, 5.74) is 2.59. The number of benzene rings is 1. The second-order valence-electron chi connectivity index (χ2n) is 5.21. The maximum absolute atomic E-state index is 3.68. The molecule has 2 nitrogen and oxygen atoms in total. The monoisotopic (exact) mass is 344 g/mol. The smallest absolute Gasteiger partial charge is 0.0375 e. The molecular weight excluding hydrogens is 320 g/mol. The number of rotatable bonds is 8. The van der Waals surface area contributed by atoms with Gasteiger partial charge in [0.05, 0.1) is 0 Å². The van der Waals surface area contributed by atoms with E-state index in [1.54, 1.807) is 0 Å². The molecule has 0 saturated heterocycles. The van der Waals surface area contributed by atoms with Crippen molar-refractivity contribution < 1.29 is 0 Å². The van der Waals surface area contributed by atoms with E-state index in [4.69, 9.17) is 0 Å². The molecule has 0 bridgehead atoms. The van der Waals surface area contributed by atoms with Crippen molar-refractivity contribution in [3.8, 4) is 0 Å². The first kappa shape index (κ1) is 16.9. The van der Waals surface area contributed by atoms with Crippen molar-refractivity contribution in [3.63, 3.8) is 0 Å². The minimum atomic E-state index is 0.690. The summed E-state index contributed by atoms with van der Waals surface area (Å²) < 4.78 is 1.19. The molecular formula is C15H25BrN2S. The lowest BCUT2D eigenvalue weighted by molar-refractivity contribution is 0.552. The van der Waals surface area contributed by atoms with Crippen LogP contribution in [0.25, 0.3) is 0 Å². The number of anilines is 1. The quantitative estimate of drug-likeness (QED) is 0.767. The molecule has 1 aromatic rings. The normalized spacial score (nSPS) is 11.1. The Hall–Kier alpha value is -0.190. The molecule has 0 atom stereocenters. The number of nitrogens with one attached hydrogen (secondary N) is 1. The molecule has 0 unspecified atom stereocenters. The van der Waals surface area contributed by atoms with Gasteiger partial charge in [0.25, 0.3) is 0 Å². The van der Waals surface area contributed by atoms with Gasteiger partial charge in [0.2, 0.25) is 0 Å². The van der Waals surface area contributed by atoms with Gasteiger partial charge in [-0.25, -0.2) is 0 Å². The van der Waals surface area contributed by atoms with Crippen LogP contribution >= 0.6 is 27.7 Å². The summed E-state index contributed by atoms with van der Waals surface area (Å²) in [6.45, 7) is 7.52. The molecule has 1 aromatic carbocycles. The third-order valence-electron chi connectivity index (χ3n) is 2.98. The lowest BCUT2D eigenvalue weighted by Gasteiger charge is -2.20. The van der Waals surface area contributed by atoms with Crippen molar-refractivity contribution >= 4 is 33.4 Å². The van der Waals surface area contributed by atoms with Crippen molar-refractivity contribution in [2.24, 2.45) is 5.92 Å². The Balaban J connectivity index is 2.58. The molecule has 0 aliphatic heterocycles. The van der Waals surface area contributed by atoms with Gasteiger partial charge in [-0.3, -0.25) is 0 Å². The second-order valence-corrected chi connectivity index (χ2v) is 7.05. The van der Waals surface area contributed by atoms with Crippen LogP contribution in [-0.4, -0.2) is 32.1 Å². The second kappa shape index (κ2) is 8.88. The highest BCUT2D eigenvalue weighted by Gasteiger charge is 2.05. The van der Waals surface area contributed by atoms with E-state index in [0.717, 1.165) is 25.4 Å². The van der Waals surface area contributed by atoms with Crippen molar-refractivity contribution in [2.45, 2.75) is 20.4 Å². The molecule has 4 heteroatoms. The van der Waals surface area contributed by atoms with Crippen molar-refractivity contribution in [1.82, 2.24) is 5.32 Å². The highest BCUT2D eigenvalue weighted by Crippen LogP contribution is 2.23.